The molecule has 1 amide bonds. The van der Waals surface area contributed by atoms with Crippen molar-refractivity contribution in [3.63, 3.8) is 0 Å². The second-order valence-electron chi connectivity index (χ2n) is 9.58. The van der Waals surface area contributed by atoms with E-state index in [0.717, 1.165) is 16.7 Å². The minimum atomic E-state index is -0.290. The van der Waals surface area contributed by atoms with Gasteiger partial charge in [0.05, 0.1) is 12.7 Å². The fourth-order valence-corrected chi connectivity index (χ4v) is 3.24. The van der Waals surface area contributed by atoms with Gasteiger partial charge < -0.3 is 19.5 Å². The van der Waals surface area contributed by atoms with Gasteiger partial charge in [-0.05, 0) is 29.9 Å². The van der Waals surface area contributed by atoms with Crippen LogP contribution >= 0.6 is 0 Å². The largest absolute Gasteiger partial charge is 0.507 e. The molecule has 30 heavy (non-hydrogen) atoms. The van der Waals surface area contributed by atoms with E-state index in [1.807, 2.05) is 12.1 Å². The number of rotatable bonds is 4. The number of aromatic nitrogens is 2. The van der Waals surface area contributed by atoms with Crippen molar-refractivity contribution in [2.24, 2.45) is 0 Å². The molecule has 2 heterocycles. The minimum Gasteiger partial charge on any atom is -0.507 e. The summed E-state index contributed by atoms with van der Waals surface area (Å²) in [5.41, 5.74) is 3.12. The first-order chi connectivity index (χ1) is 13.9. The standard InChI is InChI=1S/C23H29N3O4/c1-13-16(12-25-29-13)21(28)24-11-15-10-19(26-30-15)14-8-17(22(2,3)4)20(27)18(9-14)23(5,6)7/h8-10,12,27H,11H2,1-7H3,(H,24,28). The van der Waals surface area contributed by atoms with E-state index in [0.29, 0.717) is 28.5 Å². The van der Waals surface area contributed by atoms with Crippen molar-refractivity contribution in [2.45, 2.75) is 65.8 Å². The summed E-state index contributed by atoms with van der Waals surface area (Å²) in [5.74, 6) is 1.01. The van der Waals surface area contributed by atoms with Crippen molar-refractivity contribution >= 4 is 5.91 Å². The first-order valence-electron chi connectivity index (χ1n) is 9.91. The molecule has 0 aliphatic rings. The first-order valence-corrected chi connectivity index (χ1v) is 9.91. The van der Waals surface area contributed by atoms with Crippen LogP contribution in [-0.2, 0) is 17.4 Å². The van der Waals surface area contributed by atoms with Gasteiger partial charge in [0.1, 0.15) is 22.8 Å². The lowest BCUT2D eigenvalue weighted by molar-refractivity contribution is 0.0945. The molecular formula is C23H29N3O4. The average molecular weight is 412 g/mol. The van der Waals surface area contributed by atoms with Gasteiger partial charge in [0.2, 0.25) is 0 Å². The van der Waals surface area contributed by atoms with Gasteiger partial charge in [-0.1, -0.05) is 51.9 Å². The van der Waals surface area contributed by atoms with Gasteiger partial charge in [-0.15, -0.1) is 0 Å². The second kappa shape index (κ2) is 7.63. The highest BCUT2D eigenvalue weighted by molar-refractivity contribution is 5.94. The topological polar surface area (TPSA) is 101 Å². The minimum absolute atomic E-state index is 0.187. The molecule has 0 spiro atoms. The molecule has 0 saturated heterocycles. The van der Waals surface area contributed by atoms with Gasteiger partial charge in [0, 0.05) is 22.8 Å². The molecular weight excluding hydrogens is 382 g/mol. The van der Waals surface area contributed by atoms with E-state index in [4.69, 9.17) is 9.05 Å². The van der Waals surface area contributed by atoms with Gasteiger partial charge in [0.15, 0.2) is 5.76 Å². The number of carbonyl (C=O) groups excluding carboxylic acids is 1. The van der Waals surface area contributed by atoms with E-state index in [-0.39, 0.29) is 23.3 Å². The number of carbonyl (C=O) groups is 1. The number of nitrogens with one attached hydrogen (secondary N) is 1. The first kappa shape index (κ1) is 21.6. The molecule has 160 valence electrons. The molecule has 2 aromatic heterocycles. The Bertz CT molecular complexity index is 1030. The summed E-state index contributed by atoms with van der Waals surface area (Å²) in [4.78, 5) is 12.2. The zero-order valence-corrected chi connectivity index (χ0v) is 18.6. The molecule has 3 aromatic rings. The smallest absolute Gasteiger partial charge is 0.256 e. The maximum atomic E-state index is 12.2. The maximum absolute atomic E-state index is 12.2. The normalized spacial score (nSPS) is 12.2. The summed E-state index contributed by atoms with van der Waals surface area (Å²) in [6, 6.07) is 5.70. The molecule has 0 radical (unpaired) electrons. The zero-order chi connectivity index (χ0) is 22.3. The Morgan fingerprint density at radius 1 is 1.03 bits per heavy atom. The lowest BCUT2D eigenvalue weighted by atomic mass is 9.78. The Kier molecular flexibility index (Phi) is 5.50. The van der Waals surface area contributed by atoms with Crippen molar-refractivity contribution in [1.29, 1.82) is 0 Å². The van der Waals surface area contributed by atoms with Crippen LogP contribution in [0.2, 0.25) is 0 Å². The molecule has 7 heteroatoms. The Morgan fingerprint density at radius 3 is 2.13 bits per heavy atom. The molecule has 0 unspecified atom stereocenters. The van der Waals surface area contributed by atoms with Crippen LogP contribution in [0.15, 0.2) is 33.4 Å². The van der Waals surface area contributed by atoms with Crippen LogP contribution < -0.4 is 5.32 Å². The van der Waals surface area contributed by atoms with Gasteiger partial charge in [0.25, 0.3) is 5.91 Å². The molecule has 0 atom stereocenters. The van der Waals surface area contributed by atoms with E-state index in [1.165, 1.54) is 6.20 Å². The van der Waals surface area contributed by atoms with Crippen LogP contribution in [0.25, 0.3) is 11.3 Å². The summed E-state index contributed by atoms with van der Waals surface area (Å²) < 4.78 is 10.4. The molecule has 0 aliphatic heterocycles. The molecule has 0 saturated carbocycles. The molecule has 0 aliphatic carbocycles. The van der Waals surface area contributed by atoms with Crippen LogP contribution in [0.3, 0.4) is 0 Å². The van der Waals surface area contributed by atoms with E-state index < -0.39 is 0 Å². The van der Waals surface area contributed by atoms with Crippen LogP contribution in [-0.4, -0.2) is 21.3 Å². The number of phenols is 1. The van der Waals surface area contributed by atoms with Gasteiger partial charge in [-0.2, -0.15) is 0 Å². The number of phenolic OH excluding ortho intramolecular Hbond substituents is 1. The predicted octanol–water partition coefficient (Wildman–Crippen LogP) is 4.87. The summed E-state index contributed by atoms with van der Waals surface area (Å²) in [5, 5.41) is 21.5. The van der Waals surface area contributed by atoms with E-state index in [9.17, 15) is 9.90 Å². The zero-order valence-electron chi connectivity index (χ0n) is 18.6. The van der Waals surface area contributed by atoms with Crippen molar-refractivity contribution in [3.8, 4) is 17.0 Å². The number of hydrogen-bond acceptors (Lipinski definition) is 6. The summed E-state index contributed by atoms with van der Waals surface area (Å²) in [7, 11) is 0. The van der Waals surface area contributed by atoms with Crippen molar-refractivity contribution in [3.05, 3.63) is 52.6 Å². The number of hydrogen-bond donors (Lipinski definition) is 2. The number of aryl methyl sites for hydroxylation is 1. The second-order valence-corrected chi connectivity index (χ2v) is 9.58. The number of aromatic hydroxyl groups is 1. The Morgan fingerprint density at radius 2 is 1.63 bits per heavy atom. The van der Waals surface area contributed by atoms with Crippen LogP contribution in [0, 0.1) is 6.92 Å². The lowest BCUT2D eigenvalue weighted by Crippen LogP contribution is -2.22. The fraction of sp³-hybridized carbons (Fsp3) is 0.435. The van der Waals surface area contributed by atoms with E-state index >= 15 is 0 Å². The van der Waals surface area contributed by atoms with Gasteiger partial charge >= 0.3 is 0 Å². The molecule has 1 aromatic carbocycles. The third-order valence-electron chi connectivity index (χ3n) is 5.00. The Hall–Kier alpha value is -3.09. The van der Waals surface area contributed by atoms with E-state index in [1.54, 1.807) is 13.0 Å². The summed E-state index contributed by atoms with van der Waals surface area (Å²) in [6.45, 7) is 14.3. The monoisotopic (exact) mass is 411 g/mol. The van der Waals surface area contributed by atoms with Crippen LogP contribution in [0.5, 0.6) is 5.75 Å². The molecule has 0 bridgehead atoms. The van der Waals surface area contributed by atoms with E-state index in [2.05, 4.69) is 57.2 Å². The van der Waals surface area contributed by atoms with Crippen molar-refractivity contribution in [2.75, 3.05) is 0 Å². The number of amides is 1. The quantitative estimate of drug-likeness (QED) is 0.635. The van der Waals surface area contributed by atoms with Crippen LogP contribution in [0.4, 0.5) is 0 Å². The number of nitrogens with zero attached hydrogens (tertiary/aromatic N) is 2. The summed E-state index contributed by atoms with van der Waals surface area (Å²) >= 11 is 0. The fourth-order valence-electron chi connectivity index (χ4n) is 3.24. The Labute approximate surface area is 176 Å². The highest BCUT2D eigenvalue weighted by Gasteiger charge is 2.27. The van der Waals surface area contributed by atoms with Gasteiger partial charge in [-0.3, -0.25) is 4.79 Å². The summed E-state index contributed by atoms with van der Waals surface area (Å²) in [6.07, 6.45) is 1.38. The number of benzene rings is 1. The molecule has 7 nitrogen and oxygen atoms in total. The third-order valence-corrected chi connectivity index (χ3v) is 5.00. The average Bonchev–Trinajstić information content (AvgIpc) is 3.27. The Balaban J connectivity index is 1.89. The highest BCUT2D eigenvalue weighted by Crippen LogP contribution is 2.41. The third kappa shape index (κ3) is 4.40. The maximum Gasteiger partial charge on any atom is 0.256 e. The molecule has 3 rings (SSSR count). The van der Waals surface area contributed by atoms with Crippen molar-refractivity contribution in [1.82, 2.24) is 15.6 Å². The van der Waals surface area contributed by atoms with Crippen LogP contribution in [0.1, 0.15) is 74.5 Å². The van der Waals surface area contributed by atoms with Crippen molar-refractivity contribution < 1.29 is 18.9 Å². The lowest BCUT2D eigenvalue weighted by Gasteiger charge is -2.28. The molecule has 2 N–H and O–H groups in total. The predicted molar refractivity (Wildman–Crippen MR) is 113 cm³/mol. The highest BCUT2D eigenvalue weighted by atomic mass is 16.5. The SMILES string of the molecule is Cc1oncc1C(=O)NCc1cc(-c2cc(C(C)(C)C)c(O)c(C(C)(C)C)c2)no1. The molecule has 0 fully saturated rings. The van der Waals surface area contributed by atoms with Gasteiger partial charge in [-0.25, -0.2) is 0 Å².